The normalized spacial score (nSPS) is 9.64. The predicted molar refractivity (Wildman–Crippen MR) is 53.8 cm³/mol. The summed E-state index contributed by atoms with van der Waals surface area (Å²) in [6, 6.07) is 5.01. The number of hydrogen-bond donors (Lipinski definition) is 0. The Kier molecular flexibility index (Phi) is 3.77. The van der Waals surface area contributed by atoms with Gasteiger partial charge in [0.2, 0.25) is 0 Å². The SMILES string of the molecule is CCOC(=O)Oc1ccc(Cl)cc1C. The van der Waals surface area contributed by atoms with Crippen LogP contribution in [0.5, 0.6) is 5.75 Å². The molecule has 14 heavy (non-hydrogen) atoms. The smallest absolute Gasteiger partial charge is 0.434 e. The monoisotopic (exact) mass is 214 g/mol. The molecule has 1 aromatic rings. The molecule has 0 heterocycles. The number of carbonyl (C=O) groups is 1. The van der Waals surface area contributed by atoms with E-state index in [1.807, 2.05) is 0 Å². The van der Waals surface area contributed by atoms with Crippen LogP contribution in [0, 0.1) is 6.92 Å². The van der Waals surface area contributed by atoms with Gasteiger partial charge in [-0.2, -0.15) is 0 Å². The highest BCUT2D eigenvalue weighted by atomic mass is 35.5. The molecule has 0 radical (unpaired) electrons. The Bertz CT molecular complexity index is 336. The first-order chi connectivity index (χ1) is 6.63. The van der Waals surface area contributed by atoms with Crippen LogP contribution in [-0.2, 0) is 4.74 Å². The van der Waals surface area contributed by atoms with E-state index in [-0.39, 0.29) is 0 Å². The molecular weight excluding hydrogens is 204 g/mol. The molecule has 0 aliphatic heterocycles. The Hall–Kier alpha value is -1.22. The van der Waals surface area contributed by atoms with Gasteiger partial charge in [-0.1, -0.05) is 11.6 Å². The van der Waals surface area contributed by atoms with Crippen molar-refractivity contribution in [3.05, 3.63) is 28.8 Å². The van der Waals surface area contributed by atoms with Gasteiger partial charge in [-0.25, -0.2) is 4.79 Å². The van der Waals surface area contributed by atoms with Crippen LogP contribution < -0.4 is 4.74 Å². The van der Waals surface area contributed by atoms with Crippen molar-refractivity contribution >= 4 is 17.8 Å². The molecule has 0 atom stereocenters. The molecule has 0 spiro atoms. The molecule has 0 unspecified atom stereocenters. The third kappa shape index (κ3) is 2.92. The molecule has 3 nitrogen and oxygen atoms in total. The fourth-order valence-electron chi connectivity index (χ4n) is 0.964. The Balaban J connectivity index is 2.72. The summed E-state index contributed by atoms with van der Waals surface area (Å²) in [6.07, 6.45) is -0.696. The molecule has 0 aliphatic carbocycles. The molecule has 0 bridgehead atoms. The van der Waals surface area contributed by atoms with E-state index in [9.17, 15) is 4.79 Å². The van der Waals surface area contributed by atoms with Crippen LogP contribution in [0.25, 0.3) is 0 Å². The van der Waals surface area contributed by atoms with Crippen LogP contribution in [0.3, 0.4) is 0 Å². The maximum Gasteiger partial charge on any atom is 0.513 e. The van der Waals surface area contributed by atoms with Crippen LogP contribution >= 0.6 is 11.6 Å². The Morgan fingerprint density at radius 3 is 2.79 bits per heavy atom. The van der Waals surface area contributed by atoms with Gasteiger partial charge >= 0.3 is 6.16 Å². The maximum atomic E-state index is 11.0. The maximum absolute atomic E-state index is 11.0. The van der Waals surface area contributed by atoms with E-state index in [0.717, 1.165) is 5.56 Å². The van der Waals surface area contributed by atoms with Crippen molar-refractivity contribution in [2.24, 2.45) is 0 Å². The summed E-state index contributed by atoms with van der Waals surface area (Å²) >= 11 is 5.74. The van der Waals surface area contributed by atoms with E-state index < -0.39 is 6.16 Å². The van der Waals surface area contributed by atoms with Crippen LogP contribution in [0.2, 0.25) is 5.02 Å². The second kappa shape index (κ2) is 4.86. The lowest BCUT2D eigenvalue weighted by atomic mass is 10.2. The molecule has 0 amide bonds. The van der Waals surface area contributed by atoms with E-state index in [2.05, 4.69) is 4.74 Å². The lowest BCUT2D eigenvalue weighted by molar-refractivity contribution is 0.104. The van der Waals surface area contributed by atoms with Crippen molar-refractivity contribution in [1.29, 1.82) is 0 Å². The van der Waals surface area contributed by atoms with Gasteiger partial charge in [0.25, 0.3) is 0 Å². The number of halogens is 1. The number of aryl methyl sites for hydroxylation is 1. The van der Waals surface area contributed by atoms with E-state index in [4.69, 9.17) is 16.3 Å². The first-order valence-electron chi connectivity index (χ1n) is 4.24. The minimum Gasteiger partial charge on any atom is -0.434 e. The van der Waals surface area contributed by atoms with Crippen LogP contribution in [0.15, 0.2) is 18.2 Å². The van der Waals surface area contributed by atoms with Gasteiger partial charge in [-0.05, 0) is 37.6 Å². The summed E-state index contributed by atoms with van der Waals surface area (Å²) in [5.41, 5.74) is 0.797. The van der Waals surface area contributed by atoms with Crippen molar-refractivity contribution in [2.75, 3.05) is 6.61 Å². The van der Waals surface area contributed by atoms with Crippen molar-refractivity contribution in [1.82, 2.24) is 0 Å². The van der Waals surface area contributed by atoms with E-state index in [1.165, 1.54) is 0 Å². The summed E-state index contributed by atoms with van der Waals surface area (Å²) in [6.45, 7) is 3.82. The zero-order valence-corrected chi connectivity index (χ0v) is 8.80. The van der Waals surface area contributed by atoms with Crippen molar-refractivity contribution < 1.29 is 14.3 Å². The summed E-state index contributed by atoms with van der Waals surface area (Å²) in [4.78, 5) is 11.0. The summed E-state index contributed by atoms with van der Waals surface area (Å²) < 4.78 is 9.56. The van der Waals surface area contributed by atoms with Crippen molar-refractivity contribution in [2.45, 2.75) is 13.8 Å². The molecule has 4 heteroatoms. The standard InChI is InChI=1S/C10H11ClO3/c1-3-13-10(12)14-9-5-4-8(11)6-7(9)2/h4-6H,3H2,1-2H3. The summed E-state index contributed by atoms with van der Waals surface area (Å²) in [5.74, 6) is 0.466. The second-order valence-corrected chi connectivity index (χ2v) is 3.13. The number of rotatable bonds is 2. The Morgan fingerprint density at radius 1 is 1.50 bits per heavy atom. The van der Waals surface area contributed by atoms with Gasteiger partial charge < -0.3 is 9.47 Å². The van der Waals surface area contributed by atoms with Gasteiger partial charge in [0, 0.05) is 5.02 Å². The third-order valence-electron chi connectivity index (χ3n) is 1.59. The van der Waals surface area contributed by atoms with Crippen LogP contribution in [0.4, 0.5) is 4.79 Å². The third-order valence-corrected chi connectivity index (χ3v) is 1.83. The van der Waals surface area contributed by atoms with E-state index in [1.54, 1.807) is 32.0 Å². The van der Waals surface area contributed by atoms with Gasteiger partial charge in [0.05, 0.1) is 6.61 Å². The van der Waals surface area contributed by atoms with Crippen LogP contribution in [0.1, 0.15) is 12.5 Å². The Morgan fingerprint density at radius 2 is 2.21 bits per heavy atom. The van der Waals surface area contributed by atoms with Gasteiger partial charge in [-0.15, -0.1) is 0 Å². The molecule has 0 N–H and O–H groups in total. The summed E-state index contributed by atoms with van der Waals surface area (Å²) in [5, 5.41) is 0.610. The van der Waals surface area contributed by atoms with E-state index in [0.29, 0.717) is 17.4 Å². The molecule has 0 saturated heterocycles. The average Bonchev–Trinajstić information content (AvgIpc) is 2.10. The quantitative estimate of drug-likeness (QED) is 0.560. The molecule has 0 aliphatic rings. The second-order valence-electron chi connectivity index (χ2n) is 2.69. The molecule has 0 fully saturated rings. The lowest BCUT2D eigenvalue weighted by Crippen LogP contribution is -2.10. The van der Waals surface area contributed by atoms with Crippen molar-refractivity contribution in [3.8, 4) is 5.75 Å². The van der Waals surface area contributed by atoms with Gasteiger partial charge in [-0.3, -0.25) is 0 Å². The summed E-state index contributed by atoms with van der Waals surface area (Å²) in [7, 11) is 0. The van der Waals surface area contributed by atoms with Gasteiger partial charge in [0.15, 0.2) is 0 Å². The molecule has 1 rings (SSSR count). The molecule has 0 aromatic heterocycles. The van der Waals surface area contributed by atoms with Crippen LogP contribution in [-0.4, -0.2) is 12.8 Å². The van der Waals surface area contributed by atoms with Crippen molar-refractivity contribution in [3.63, 3.8) is 0 Å². The Labute approximate surface area is 87.6 Å². The predicted octanol–water partition coefficient (Wildman–Crippen LogP) is 3.18. The minimum absolute atomic E-state index is 0.297. The number of hydrogen-bond acceptors (Lipinski definition) is 3. The molecule has 76 valence electrons. The van der Waals surface area contributed by atoms with Gasteiger partial charge in [0.1, 0.15) is 5.75 Å². The number of benzene rings is 1. The molecule has 0 saturated carbocycles. The fraction of sp³-hybridized carbons (Fsp3) is 0.300. The lowest BCUT2D eigenvalue weighted by Gasteiger charge is -2.06. The highest BCUT2D eigenvalue weighted by Gasteiger charge is 2.07. The first-order valence-corrected chi connectivity index (χ1v) is 4.62. The number of ether oxygens (including phenoxy) is 2. The highest BCUT2D eigenvalue weighted by molar-refractivity contribution is 6.30. The molecule has 1 aromatic carbocycles. The fourth-order valence-corrected chi connectivity index (χ4v) is 1.19. The molecular formula is C10H11ClO3. The first kappa shape index (κ1) is 10.9. The number of carbonyl (C=O) groups excluding carboxylic acids is 1. The zero-order valence-electron chi connectivity index (χ0n) is 8.04. The largest absolute Gasteiger partial charge is 0.513 e. The zero-order chi connectivity index (χ0) is 10.6. The topological polar surface area (TPSA) is 35.5 Å². The average molecular weight is 215 g/mol. The highest BCUT2D eigenvalue weighted by Crippen LogP contribution is 2.21. The van der Waals surface area contributed by atoms with E-state index >= 15 is 0 Å². The minimum atomic E-state index is -0.696.